The number of carbonyl (C=O) groups is 1. The molecule has 7 heteroatoms. The van der Waals surface area contributed by atoms with E-state index in [4.69, 9.17) is 4.74 Å². The number of hydrogen-bond acceptors (Lipinski definition) is 5. The Labute approximate surface area is 111 Å². The minimum Gasteiger partial charge on any atom is -0.456 e. The summed E-state index contributed by atoms with van der Waals surface area (Å²) < 4.78 is 35.8. The summed E-state index contributed by atoms with van der Waals surface area (Å²) in [4.78, 5) is 13.1. The predicted octanol–water partition coefficient (Wildman–Crippen LogP) is 0.248. The molecule has 2 saturated heterocycles. The van der Waals surface area contributed by atoms with Crippen molar-refractivity contribution in [3.63, 3.8) is 0 Å². The Kier molecular flexibility index (Phi) is 4.70. The first-order valence-corrected chi connectivity index (χ1v) is 6.60. The van der Waals surface area contributed by atoms with Gasteiger partial charge in [0, 0.05) is 32.2 Å². The fraction of sp³-hybridized carbons (Fsp3) is 0.917. The molecule has 0 aromatic carbocycles. The van der Waals surface area contributed by atoms with E-state index >= 15 is 0 Å². The van der Waals surface area contributed by atoms with Crippen molar-refractivity contribution >= 4 is 5.97 Å². The van der Waals surface area contributed by atoms with Gasteiger partial charge >= 0.3 is 11.9 Å². The largest absolute Gasteiger partial charge is 0.456 e. The van der Waals surface area contributed by atoms with Crippen molar-refractivity contribution in [1.29, 1.82) is 0 Å². The molecule has 1 N–H and O–H groups in total. The molecule has 2 unspecified atom stereocenters. The lowest BCUT2D eigenvalue weighted by Crippen LogP contribution is -2.46. The smallest absolute Gasteiger partial charge is 0.377 e. The van der Waals surface area contributed by atoms with Crippen LogP contribution in [0.1, 0.15) is 13.3 Å². The number of rotatable bonds is 5. The fourth-order valence-corrected chi connectivity index (χ4v) is 2.33. The van der Waals surface area contributed by atoms with Crippen LogP contribution in [0, 0.1) is 0 Å². The molecule has 0 bridgehead atoms. The second-order valence-corrected chi connectivity index (χ2v) is 5.16. The van der Waals surface area contributed by atoms with Gasteiger partial charge in [-0.1, -0.05) is 0 Å². The Morgan fingerprint density at radius 3 is 2.74 bits per heavy atom. The Morgan fingerprint density at radius 1 is 1.47 bits per heavy atom. The number of halogens is 2. The number of nitrogens with one attached hydrogen (secondary N) is 1. The maximum absolute atomic E-state index is 13.0. The molecule has 0 aromatic heterocycles. The van der Waals surface area contributed by atoms with Crippen LogP contribution in [0.3, 0.4) is 0 Å². The van der Waals surface area contributed by atoms with E-state index in [2.05, 4.69) is 15.0 Å². The van der Waals surface area contributed by atoms with Crippen molar-refractivity contribution in [1.82, 2.24) is 10.2 Å². The van der Waals surface area contributed by atoms with Gasteiger partial charge in [0.2, 0.25) is 0 Å². The molecular formula is C12H20F2N2O3. The van der Waals surface area contributed by atoms with Crippen LogP contribution in [-0.2, 0) is 14.3 Å². The maximum Gasteiger partial charge on any atom is 0.377 e. The van der Waals surface area contributed by atoms with Crippen LogP contribution in [0.2, 0.25) is 0 Å². The number of morpholine rings is 1. The van der Waals surface area contributed by atoms with Crippen molar-refractivity contribution < 1.29 is 23.0 Å². The number of carbonyl (C=O) groups excluding carboxylic acids is 1. The van der Waals surface area contributed by atoms with Gasteiger partial charge in [-0.25, -0.2) is 4.79 Å². The van der Waals surface area contributed by atoms with Crippen LogP contribution in [0.4, 0.5) is 8.78 Å². The Morgan fingerprint density at radius 2 is 2.16 bits per heavy atom. The van der Waals surface area contributed by atoms with E-state index in [0.29, 0.717) is 0 Å². The quantitative estimate of drug-likeness (QED) is 0.731. The molecule has 0 radical (unpaired) electrons. The van der Waals surface area contributed by atoms with E-state index in [9.17, 15) is 13.6 Å². The second kappa shape index (κ2) is 6.11. The molecule has 19 heavy (non-hydrogen) atoms. The summed E-state index contributed by atoms with van der Waals surface area (Å²) in [5.74, 6) is -4.72. The molecule has 2 aliphatic rings. The molecule has 0 amide bonds. The number of hydrogen-bond donors (Lipinski definition) is 1. The third kappa shape index (κ3) is 4.09. The lowest BCUT2D eigenvalue weighted by molar-refractivity contribution is -0.159. The molecule has 2 fully saturated rings. The molecule has 110 valence electrons. The molecule has 2 aliphatic heterocycles. The number of ether oxygens (including phenoxy) is 2. The average molecular weight is 278 g/mol. The van der Waals surface area contributed by atoms with E-state index < -0.39 is 24.4 Å². The van der Waals surface area contributed by atoms with E-state index in [1.54, 1.807) is 0 Å². The van der Waals surface area contributed by atoms with E-state index in [1.165, 1.54) is 0 Å². The third-order valence-corrected chi connectivity index (χ3v) is 3.39. The molecule has 0 saturated carbocycles. The van der Waals surface area contributed by atoms with Gasteiger partial charge in [-0.3, -0.25) is 4.90 Å². The predicted molar refractivity (Wildman–Crippen MR) is 64.2 cm³/mol. The first-order valence-electron chi connectivity index (χ1n) is 6.60. The van der Waals surface area contributed by atoms with Crippen molar-refractivity contribution in [3.05, 3.63) is 0 Å². The van der Waals surface area contributed by atoms with E-state index in [1.807, 2.05) is 6.92 Å². The SMILES string of the molecule is CC(CN1CCOCC1)NCC1CC(F)(F)C(=O)O1. The number of nitrogens with zero attached hydrogens (tertiary/aromatic N) is 1. The van der Waals surface area contributed by atoms with E-state index in [-0.39, 0.29) is 12.6 Å². The minimum atomic E-state index is -3.32. The number of cyclic esters (lactones) is 1. The number of alkyl halides is 2. The molecule has 2 heterocycles. The van der Waals surface area contributed by atoms with Gasteiger partial charge in [0.15, 0.2) is 0 Å². The van der Waals surface area contributed by atoms with Crippen LogP contribution < -0.4 is 5.32 Å². The number of esters is 1. The van der Waals surface area contributed by atoms with Crippen molar-refractivity contribution in [3.8, 4) is 0 Å². The molecular weight excluding hydrogens is 258 g/mol. The van der Waals surface area contributed by atoms with Gasteiger partial charge in [0.05, 0.1) is 19.6 Å². The Bertz CT molecular complexity index is 322. The topological polar surface area (TPSA) is 50.8 Å². The summed E-state index contributed by atoms with van der Waals surface area (Å²) in [7, 11) is 0. The van der Waals surface area contributed by atoms with Gasteiger partial charge in [-0.15, -0.1) is 0 Å². The summed E-state index contributed by atoms with van der Waals surface area (Å²) in [6.07, 6.45) is -1.25. The Hall–Kier alpha value is -0.790. The standard InChI is InChI=1S/C12H20F2N2O3/c1-9(8-16-2-4-18-5-3-16)15-7-10-6-12(13,14)11(17)19-10/h9-10,15H,2-8H2,1H3. The first-order chi connectivity index (χ1) is 8.97. The monoisotopic (exact) mass is 278 g/mol. The molecule has 0 aliphatic carbocycles. The van der Waals surface area contributed by atoms with Gasteiger partial charge in [-0.2, -0.15) is 8.78 Å². The van der Waals surface area contributed by atoms with Crippen LogP contribution in [0.25, 0.3) is 0 Å². The van der Waals surface area contributed by atoms with Gasteiger partial charge in [0.1, 0.15) is 6.10 Å². The Balaban J connectivity index is 1.66. The van der Waals surface area contributed by atoms with Gasteiger partial charge in [-0.05, 0) is 6.92 Å². The summed E-state index contributed by atoms with van der Waals surface area (Å²) in [5, 5.41) is 3.14. The highest BCUT2D eigenvalue weighted by Crippen LogP contribution is 2.30. The third-order valence-electron chi connectivity index (χ3n) is 3.39. The van der Waals surface area contributed by atoms with Crippen molar-refractivity contribution in [2.24, 2.45) is 0 Å². The maximum atomic E-state index is 13.0. The summed E-state index contributed by atoms with van der Waals surface area (Å²) >= 11 is 0. The summed E-state index contributed by atoms with van der Waals surface area (Å²) in [6.45, 7) is 6.35. The lowest BCUT2D eigenvalue weighted by atomic mass is 10.2. The molecule has 2 rings (SSSR count). The zero-order valence-electron chi connectivity index (χ0n) is 11.0. The zero-order chi connectivity index (χ0) is 13.9. The normalized spacial score (nSPS) is 29.2. The molecule has 0 aromatic rings. The van der Waals surface area contributed by atoms with Gasteiger partial charge < -0.3 is 14.8 Å². The van der Waals surface area contributed by atoms with Crippen molar-refractivity contribution in [2.75, 3.05) is 39.4 Å². The molecule has 0 spiro atoms. The van der Waals surface area contributed by atoms with Crippen LogP contribution in [0.5, 0.6) is 0 Å². The average Bonchev–Trinajstić information content (AvgIpc) is 2.62. The van der Waals surface area contributed by atoms with Crippen LogP contribution >= 0.6 is 0 Å². The van der Waals surface area contributed by atoms with Crippen LogP contribution in [0.15, 0.2) is 0 Å². The molecule has 5 nitrogen and oxygen atoms in total. The van der Waals surface area contributed by atoms with E-state index in [0.717, 1.165) is 32.8 Å². The highest BCUT2D eigenvalue weighted by Gasteiger charge is 2.50. The van der Waals surface area contributed by atoms with Gasteiger partial charge in [0.25, 0.3) is 0 Å². The highest BCUT2D eigenvalue weighted by atomic mass is 19.3. The van der Waals surface area contributed by atoms with Crippen LogP contribution in [-0.4, -0.2) is 68.3 Å². The lowest BCUT2D eigenvalue weighted by Gasteiger charge is -2.29. The fourth-order valence-electron chi connectivity index (χ4n) is 2.33. The summed E-state index contributed by atoms with van der Waals surface area (Å²) in [5.41, 5.74) is 0. The van der Waals surface area contributed by atoms with Crippen molar-refractivity contribution in [2.45, 2.75) is 31.4 Å². The summed E-state index contributed by atoms with van der Waals surface area (Å²) in [6, 6.07) is 0.158. The second-order valence-electron chi connectivity index (χ2n) is 5.16. The highest BCUT2D eigenvalue weighted by molar-refractivity contribution is 5.79. The zero-order valence-corrected chi connectivity index (χ0v) is 11.0. The minimum absolute atomic E-state index is 0.158. The molecule has 2 atom stereocenters. The first kappa shape index (κ1) is 14.6.